The van der Waals surface area contributed by atoms with Crippen LogP contribution < -0.4 is 11.1 Å². The highest BCUT2D eigenvalue weighted by Crippen LogP contribution is 2.29. The number of nitrogen functional groups attached to an aromatic ring is 1. The van der Waals surface area contributed by atoms with Gasteiger partial charge in [0.1, 0.15) is 5.82 Å². The first-order chi connectivity index (χ1) is 12.0. The molecule has 1 atom stereocenters. The summed E-state index contributed by atoms with van der Waals surface area (Å²) < 4.78 is 0. The first-order valence-corrected chi connectivity index (χ1v) is 8.34. The predicted octanol–water partition coefficient (Wildman–Crippen LogP) is 2.42. The van der Waals surface area contributed by atoms with Gasteiger partial charge < -0.3 is 16.2 Å². The fraction of sp³-hybridized carbons (Fsp3) is 0.316. The SMILES string of the molecule is Nc1cccc(CC(=O)Nc2ccc3c(c2)CCC(CC(=O)O)C3)n1. The van der Waals surface area contributed by atoms with Gasteiger partial charge in [-0.15, -0.1) is 0 Å². The number of anilines is 2. The van der Waals surface area contributed by atoms with Crippen LogP contribution >= 0.6 is 0 Å². The van der Waals surface area contributed by atoms with E-state index in [4.69, 9.17) is 10.8 Å². The van der Waals surface area contributed by atoms with E-state index >= 15 is 0 Å². The second kappa shape index (κ2) is 7.34. The minimum Gasteiger partial charge on any atom is -0.481 e. The van der Waals surface area contributed by atoms with E-state index in [1.54, 1.807) is 18.2 Å². The Morgan fingerprint density at radius 3 is 2.84 bits per heavy atom. The average molecular weight is 339 g/mol. The second-order valence-electron chi connectivity index (χ2n) is 6.47. The van der Waals surface area contributed by atoms with Crippen molar-refractivity contribution in [2.45, 2.75) is 32.1 Å². The van der Waals surface area contributed by atoms with Crippen LogP contribution in [0.15, 0.2) is 36.4 Å². The lowest BCUT2D eigenvalue weighted by atomic mass is 9.82. The van der Waals surface area contributed by atoms with Gasteiger partial charge in [-0.2, -0.15) is 0 Å². The lowest BCUT2D eigenvalue weighted by Crippen LogP contribution is -2.19. The number of nitrogens with two attached hydrogens (primary N) is 1. The molecule has 1 aliphatic carbocycles. The Morgan fingerprint density at radius 2 is 2.08 bits per heavy atom. The third-order valence-corrected chi connectivity index (χ3v) is 4.45. The molecule has 1 amide bonds. The Kier molecular flexibility index (Phi) is 4.97. The molecule has 0 aliphatic heterocycles. The third-order valence-electron chi connectivity index (χ3n) is 4.45. The van der Waals surface area contributed by atoms with Crippen molar-refractivity contribution in [2.75, 3.05) is 11.1 Å². The summed E-state index contributed by atoms with van der Waals surface area (Å²) >= 11 is 0. The van der Waals surface area contributed by atoms with Crippen LogP contribution in [0.25, 0.3) is 0 Å². The lowest BCUT2D eigenvalue weighted by molar-refractivity contribution is -0.138. The van der Waals surface area contributed by atoms with Crippen molar-refractivity contribution >= 4 is 23.4 Å². The summed E-state index contributed by atoms with van der Waals surface area (Å²) in [5.41, 5.74) is 9.37. The highest BCUT2D eigenvalue weighted by Gasteiger charge is 2.21. The summed E-state index contributed by atoms with van der Waals surface area (Å²) in [4.78, 5) is 27.2. The summed E-state index contributed by atoms with van der Waals surface area (Å²) in [5.74, 6) is -0.292. The number of nitrogens with zero attached hydrogens (tertiary/aromatic N) is 1. The first-order valence-electron chi connectivity index (χ1n) is 8.34. The Balaban J connectivity index is 1.63. The minimum absolute atomic E-state index is 0.141. The van der Waals surface area contributed by atoms with Crippen LogP contribution in [0.2, 0.25) is 0 Å². The van der Waals surface area contributed by atoms with E-state index in [0.717, 1.165) is 24.9 Å². The zero-order chi connectivity index (χ0) is 17.8. The van der Waals surface area contributed by atoms with Gasteiger partial charge in [0.2, 0.25) is 5.91 Å². The molecule has 2 aromatic rings. The standard InChI is InChI=1S/C19H21N3O3/c20-17-3-1-2-15(21-17)11-18(23)22-16-7-6-13-8-12(9-19(24)25)4-5-14(13)10-16/h1-3,6-7,10,12H,4-5,8-9,11H2,(H2,20,21)(H,22,23)(H,24,25). The van der Waals surface area contributed by atoms with Gasteiger partial charge >= 0.3 is 5.97 Å². The van der Waals surface area contributed by atoms with E-state index in [-0.39, 0.29) is 24.7 Å². The molecule has 130 valence electrons. The first kappa shape index (κ1) is 17.0. The third kappa shape index (κ3) is 4.56. The number of carboxylic acids is 1. The van der Waals surface area contributed by atoms with Crippen LogP contribution in [-0.4, -0.2) is 22.0 Å². The van der Waals surface area contributed by atoms with Gasteiger partial charge in [-0.05, 0) is 60.6 Å². The molecule has 25 heavy (non-hydrogen) atoms. The number of hydrogen-bond acceptors (Lipinski definition) is 4. The highest BCUT2D eigenvalue weighted by molar-refractivity contribution is 5.92. The van der Waals surface area contributed by atoms with E-state index in [1.807, 2.05) is 18.2 Å². The number of rotatable bonds is 5. The Labute approximate surface area is 146 Å². The van der Waals surface area contributed by atoms with Crippen LogP contribution in [0.3, 0.4) is 0 Å². The molecule has 6 nitrogen and oxygen atoms in total. The number of hydrogen-bond donors (Lipinski definition) is 3. The number of nitrogens with one attached hydrogen (secondary N) is 1. The monoisotopic (exact) mass is 339 g/mol. The largest absolute Gasteiger partial charge is 0.481 e. The molecule has 3 rings (SSSR count). The maximum Gasteiger partial charge on any atom is 0.303 e. The van der Waals surface area contributed by atoms with Crippen molar-refractivity contribution in [1.29, 1.82) is 0 Å². The normalized spacial score (nSPS) is 16.1. The molecule has 4 N–H and O–H groups in total. The number of aliphatic carboxylic acids is 1. The minimum atomic E-state index is -0.743. The molecule has 0 bridgehead atoms. The molecule has 1 aromatic heterocycles. The van der Waals surface area contributed by atoms with Crippen molar-refractivity contribution in [2.24, 2.45) is 5.92 Å². The van der Waals surface area contributed by atoms with Crippen LogP contribution in [0.5, 0.6) is 0 Å². The predicted molar refractivity (Wildman–Crippen MR) is 95.2 cm³/mol. The van der Waals surface area contributed by atoms with Crippen molar-refractivity contribution in [3.63, 3.8) is 0 Å². The van der Waals surface area contributed by atoms with Gasteiger partial charge in [-0.25, -0.2) is 4.98 Å². The number of aromatic nitrogens is 1. The highest BCUT2D eigenvalue weighted by atomic mass is 16.4. The lowest BCUT2D eigenvalue weighted by Gasteiger charge is -2.24. The topological polar surface area (TPSA) is 105 Å². The fourth-order valence-electron chi connectivity index (χ4n) is 3.30. The number of benzene rings is 1. The molecule has 0 saturated heterocycles. The van der Waals surface area contributed by atoms with Gasteiger partial charge in [0.05, 0.1) is 12.1 Å². The van der Waals surface area contributed by atoms with E-state index in [0.29, 0.717) is 11.5 Å². The molecule has 0 fully saturated rings. The molecular weight excluding hydrogens is 318 g/mol. The number of aryl methyl sites for hydroxylation is 1. The van der Waals surface area contributed by atoms with Crippen molar-refractivity contribution in [3.05, 3.63) is 53.2 Å². The summed E-state index contributed by atoms with van der Waals surface area (Å²) in [6.45, 7) is 0. The van der Waals surface area contributed by atoms with Crippen LogP contribution in [0.1, 0.15) is 29.7 Å². The summed E-state index contributed by atoms with van der Waals surface area (Å²) in [6, 6.07) is 11.1. The number of carbonyl (C=O) groups is 2. The molecule has 1 aliphatic rings. The molecule has 0 saturated carbocycles. The van der Waals surface area contributed by atoms with Crippen LogP contribution in [0.4, 0.5) is 11.5 Å². The average Bonchev–Trinajstić information content (AvgIpc) is 2.54. The molecule has 6 heteroatoms. The zero-order valence-corrected chi connectivity index (χ0v) is 13.9. The zero-order valence-electron chi connectivity index (χ0n) is 13.9. The van der Waals surface area contributed by atoms with Crippen LogP contribution in [-0.2, 0) is 28.9 Å². The molecule has 1 aromatic carbocycles. The molecule has 0 radical (unpaired) electrons. The summed E-state index contributed by atoms with van der Waals surface area (Å²) in [5, 5.41) is 11.8. The number of fused-ring (bicyclic) bond motifs is 1. The van der Waals surface area contributed by atoms with Gasteiger partial charge in [0.15, 0.2) is 0 Å². The van der Waals surface area contributed by atoms with Crippen molar-refractivity contribution in [3.8, 4) is 0 Å². The Bertz CT molecular complexity index is 804. The number of carboxylic acid groups (broad SMARTS) is 1. The van der Waals surface area contributed by atoms with Gasteiger partial charge in [0, 0.05) is 12.1 Å². The molecule has 0 spiro atoms. The van der Waals surface area contributed by atoms with E-state index in [2.05, 4.69) is 10.3 Å². The van der Waals surface area contributed by atoms with Crippen molar-refractivity contribution in [1.82, 2.24) is 4.98 Å². The number of carbonyl (C=O) groups excluding carboxylic acids is 1. The number of pyridine rings is 1. The van der Waals surface area contributed by atoms with Gasteiger partial charge in [0.25, 0.3) is 0 Å². The summed E-state index contributed by atoms with van der Waals surface area (Å²) in [6.07, 6.45) is 2.87. The van der Waals surface area contributed by atoms with E-state index < -0.39 is 5.97 Å². The molecule has 1 unspecified atom stereocenters. The number of amides is 1. The Morgan fingerprint density at radius 1 is 1.24 bits per heavy atom. The van der Waals surface area contributed by atoms with Crippen molar-refractivity contribution < 1.29 is 14.7 Å². The van der Waals surface area contributed by atoms with E-state index in [9.17, 15) is 9.59 Å². The fourth-order valence-corrected chi connectivity index (χ4v) is 3.30. The Hall–Kier alpha value is -2.89. The molecule has 1 heterocycles. The van der Waals surface area contributed by atoms with Crippen LogP contribution in [0, 0.1) is 5.92 Å². The smallest absolute Gasteiger partial charge is 0.303 e. The van der Waals surface area contributed by atoms with E-state index in [1.165, 1.54) is 11.1 Å². The quantitative estimate of drug-likeness (QED) is 0.776. The summed E-state index contributed by atoms with van der Waals surface area (Å²) in [7, 11) is 0. The van der Waals surface area contributed by atoms with Gasteiger partial charge in [-0.1, -0.05) is 12.1 Å². The second-order valence-corrected chi connectivity index (χ2v) is 6.47. The van der Waals surface area contributed by atoms with Gasteiger partial charge in [-0.3, -0.25) is 9.59 Å². The maximum atomic E-state index is 12.2. The molecular formula is C19H21N3O3. The maximum absolute atomic E-state index is 12.2.